The van der Waals surface area contributed by atoms with Crippen LogP contribution in [0.25, 0.3) is 0 Å². The van der Waals surface area contributed by atoms with Crippen molar-refractivity contribution in [1.29, 1.82) is 0 Å². The van der Waals surface area contributed by atoms with Crippen LogP contribution < -0.4 is 5.73 Å². The molecule has 0 spiro atoms. The summed E-state index contributed by atoms with van der Waals surface area (Å²) in [6, 6.07) is 0. The van der Waals surface area contributed by atoms with Crippen molar-refractivity contribution in [2.45, 2.75) is 0 Å². The van der Waals surface area contributed by atoms with Crippen LogP contribution in [-0.4, -0.2) is 19.5 Å². The molecule has 0 bridgehead atoms. The molecule has 0 aliphatic carbocycles. The maximum absolute atomic E-state index is 10.8. The molecule has 1 aliphatic rings. The molecule has 0 amide bonds. The SMILES string of the molecule is NCP1(=O)OCCO1. The summed E-state index contributed by atoms with van der Waals surface area (Å²) in [5.74, 6) is 0. The van der Waals surface area contributed by atoms with E-state index in [0.29, 0.717) is 13.2 Å². The predicted octanol–water partition coefficient (Wildman–Crippen LogP) is 0.142. The van der Waals surface area contributed by atoms with E-state index < -0.39 is 7.60 Å². The minimum absolute atomic E-state index is 0.00694. The van der Waals surface area contributed by atoms with Gasteiger partial charge in [-0.3, -0.25) is 4.57 Å². The second-order valence-electron chi connectivity index (χ2n) is 1.46. The summed E-state index contributed by atoms with van der Waals surface area (Å²) < 4.78 is 20.2. The lowest BCUT2D eigenvalue weighted by molar-refractivity contribution is 0.352. The highest BCUT2D eigenvalue weighted by Crippen LogP contribution is 2.49. The Morgan fingerprint density at radius 2 is 2.00 bits per heavy atom. The van der Waals surface area contributed by atoms with Crippen molar-refractivity contribution in [3.8, 4) is 0 Å². The predicted molar refractivity (Wildman–Crippen MR) is 28.6 cm³/mol. The summed E-state index contributed by atoms with van der Waals surface area (Å²) in [5, 5.41) is 0. The third-order valence-electron chi connectivity index (χ3n) is 0.883. The summed E-state index contributed by atoms with van der Waals surface area (Å²) in [6.07, 6.45) is -0.00694. The average Bonchev–Trinajstić information content (AvgIpc) is 2.17. The van der Waals surface area contributed by atoms with Crippen molar-refractivity contribution in [2.75, 3.05) is 19.5 Å². The van der Waals surface area contributed by atoms with Gasteiger partial charge in [-0.2, -0.15) is 0 Å². The summed E-state index contributed by atoms with van der Waals surface area (Å²) in [6.45, 7) is 0.822. The van der Waals surface area contributed by atoms with Gasteiger partial charge in [0.2, 0.25) is 0 Å². The quantitative estimate of drug-likeness (QED) is 0.522. The number of hydrogen-bond acceptors (Lipinski definition) is 4. The molecule has 8 heavy (non-hydrogen) atoms. The Kier molecular flexibility index (Phi) is 1.68. The van der Waals surface area contributed by atoms with Crippen molar-refractivity contribution < 1.29 is 13.6 Å². The molecule has 1 rings (SSSR count). The molecule has 0 unspecified atom stereocenters. The molecular weight excluding hydrogens is 129 g/mol. The van der Waals surface area contributed by atoms with E-state index in [4.69, 9.17) is 14.8 Å². The number of hydrogen-bond donors (Lipinski definition) is 1. The standard InChI is InChI=1S/C3H8NO3P/c4-3-8(5)6-1-2-7-8/h1-4H2. The number of nitrogens with two attached hydrogens (primary N) is 1. The van der Waals surface area contributed by atoms with E-state index in [2.05, 4.69) is 0 Å². The van der Waals surface area contributed by atoms with Crippen LogP contribution >= 0.6 is 7.60 Å². The van der Waals surface area contributed by atoms with Gasteiger partial charge in [0.05, 0.1) is 19.5 Å². The third kappa shape index (κ3) is 1.09. The van der Waals surface area contributed by atoms with Crippen molar-refractivity contribution in [3.63, 3.8) is 0 Å². The maximum atomic E-state index is 10.8. The Hall–Kier alpha value is 0.110. The molecule has 1 fully saturated rings. The molecule has 1 saturated heterocycles. The van der Waals surface area contributed by atoms with E-state index in [0.717, 1.165) is 0 Å². The topological polar surface area (TPSA) is 61.6 Å². The highest BCUT2D eigenvalue weighted by Gasteiger charge is 2.27. The number of rotatable bonds is 1. The molecule has 0 aromatic heterocycles. The summed E-state index contributed by atoms with van der Waals surface area (Å²) in [5.41, 5.74) is 5.05. The van der Waals surface area contributed by atoms with Crippen LogP contribution in [0, 0.1) is 0 Å². The van der Waals surface area contributed by atoms with Crippen LogP contribution in [0.4, 0.5) is 0 Å². The molecule has 0 saturated carbocycles. The van der Waals surface area contributed by atoms with Gasteiger partial charge in [0.1, 0.15) is 0 Å². The fourth-order valence-corrected chi connectivity index (χ4v) is 1.49. The minimum atomic E-state index is -2.77. The summed E-state index contributed by atoms with van der Waals surface area (Å²) in [4.78, 5) is 0. The van der Waals surface area contributed by atoms with Gasteiger partial charge in [0.15, 0.2) is 0 Å². The molecule has 0 atom stereocenters. The lowest BCUT2D eigenvalue weighted by Crippen LogP contribution is -1.99. The fraction of sp³-hybridized carbons (Fsp3) is 1.00. The van der Waals surface area contributed by atoms with Crippen LogP contribution in [0.3, 0.4) is 0 Å². The lowest BCUT2D eigenvalue weighted by Gasteiger charge is -2.02. The first kappa shape index (κ1) is 6.23. The first-order chi connectivity index (χ1) is 3.77. The van der Waals surface area contributed by atoms with E-state index in [1.807, 2.05) is 0 Å². The van der Waals surface area contributed by atoms with E-state index in [9.17, 15) is 4.57 Å². The molecule has 48 valence electrons. The highest BCUT2D eigenvalue weighted by molar-refractivity contribution is 7.53. The molecule has 0 aromatic carbocycles. The molecular formula is C3H8NO3P. The molecule has 0 radical (unpaired) electrons. The highest BCUT2D eigenvalue weighted by atomic mass is 31.2. The van der Waals surface area contributed by atoms with Crippen LogP contribution in [0.5, 0.6) is 0 Å². The maximum Gasteiger partial charge on any atom is 0.344 e. The van der Waals surface area contributed by atoms with Crippen LogP contribution in [0.2, 0.25) is 0 Å². The Labute approximate surface area is 47.5 Å². The molecule has 1 heterocycles. The Morgan fingerprint density at radius 1 is 1.50 bits per heavy atom. The van der Waals surface area contributed by atoms with Crippen molar-refractivity contribution in [2.24, 2.45) is 5.73 Å². The second kappa shape index (κ2) is 2.15. The Balaban J connectivity index is 2.53. The molecule has 1 aliphatic heterocycles. The van der Waals surface area contributed by atoms with Crippen LogP contribution in [-0.2, 0) is 13.6 Å². The van der Waals surface area contributed by atoms with Gasteiger partial charge in [-0.1, -0.05) is 0 Å². The summed E-state index contributed by atoms with van der Waals surface area (Å²) >= 11 is 0. The van der Waals surface area contributed by atoms with Gasteiger partial charge in [0.25, 0.3) is 0 Å². The second-order valence-corrected chi connectivity index (χ2v) is 3.56. The van der Waals surface area contributed by atoms with Crippen LogP contribution in [0.15, 0.2) is 0 Å². The molecule has 0 aromatic rings. The Bertz CT molecular complexity index is 116. The monoisotopic (exact) mass is 137 g/mol. The van der Waals surface area contributed by atoms with E-state index in [-0.39, 0.29) is 6.29 Å². The lowest BCUT2D eigenvalue weighted by atomic mass is 10.8. The zero-order valence-electron chi connectivity index (χ0n) is 4.37. The van der Waals surface area contributed by atoms with Crippen molar-refractivity contribution in [3.05, 3.63) is 0 Å². The Morgan fingerprint density at radius 3 is 2.25 bits per heavy atom. The normalized spacial score (nSPS) is 26.1. The summed E-state index contributed by atoms with van der Waals surface area (Å²) in [7, 11) is -2.77. The first-order valence-corrected chi connectivity index (χ1v) is 4.08. The smallest absolute Gasteiger partial charge is 0.320 e. The van der Waals surface area contributed by atoms with Gasteiger partial charge >= 0.3 is 7.60 Å². The fourth-order valence-electron chi connectivity index (χ4n) is 0.495. The van der Waals surface area contributed by atoms with E-state index in [1.54, 1.807) is 0 Å². The van der Waals surface area contributed by atoms with Crippen molar-refractivity contribution in [1.82, 2.24) is 0 Å². The van der Waals surface area contributed by atoms with Crippen molar-refractivity contribution >= 4 is 7.60 Å². The van der Waals surface area contributed by atoms with Crippen LogP contribution in [0.1, 0.15) is 0 Å². The molecule has 2 N–H and O–H groups in total. The van der Waals surface area contributed by atoms with Gasteiger partial charge < -0.3 is 14.8 Å². The van der Waals surface area contributed by atoms with E-state index >= 15 is 0 Å². The first-order valence-electron chi connectivity index (χ1n) is 2.35. The van der Waals surface area contributed by atoms with Gasteiger partial charge in [-0.05, 0) is 0 Å². The van der Waals surface area contributed by atoms with E-state index in [1.165, 1.54) is 0 Å². The zero-order chi connectivity index (χ0) is 6.04. The van der Waals surface area contributed by atoms with Gasteiger partial charge in [0, 0.05) is 0 Å². The third-order valence-corrected chi connectivity index (χ3v) is 2.48. The molecule has 5 heteroatoms. The average molecular weight is 137 g/mol. The largest absolute Gasteiger partial charge is 0.344 e. The van der Waals surface area contributed by atoms with Gasteiger partial charge in [-0.15, -0.1) is 0 Å². The zero-order valence-corrected chi connectivity index (χ0v) is 5.27. The van der Waals surface area contributed by atoms with Gasteiger partial charge in [-0.25, -0.2) is 0 Å². The molecule has 4 nitrogen and oxygen atoms in total. The minimum Gasteiger partial charge on any atom is -0.320 e.